The van der Waals surface area contributed by atoms with Gasteiger partial charge >= 0.3 is 5.97 Å². The molecule has 0 unspecified atom stereocenters. The summed E-state index contributed by atoms with van der Waals surface area (Å²) >= 11 is 1.08. The Morgan fingerprint density at radius 2 is 2.19 bits per heavy atom. The average molecular weight is 315 g/mol. The fraction of sp³-hybridized carbons (Fsp3) is 0.500. The molecule has 1 amide bonds. The number of thioether (sulfide) groups is 1. The van der Waals surface area contributed by atoms with E-state index >= 15 is 0 Å². The van der Waals surface area contributed by atoms with E-state index < -0.39 is 5.97 Å². The van der Waals surface area contributed by atoms with Crippen LogP contribution in [0.25, 0.3) is 0 Å². The molecule has 0 bridgehead atoms. The van der Waals surface area contributed by atoms with Crippen LogP contribution in [0.5, 0.6) is 0 Å². The zero-order chi connectivity index (χ0) is 15.7. The van der Waals surface area contributed by atoms with Gasteiger partial charge in [0.05, 0.1) is 31.6 Å². The van der Waals surface area contributed by atoms with Crippen molar-refractivity contribution in [3.05, 3.63) is 22.1 Å². The number of ether oxygens (including phenoxy) is 2. The number of H-pyrrole nitrogens is 1. The fourth-order valence-corrected chi connectivity index (χ4v) is 2.06. The monoisotopic (exact) mass is 315 g/mol. The van der Waals surface area contributed by atoms with Gasteiger partial charge in [-0.2, -0.15) is 0 Å². The number of carbonyl (C=O) groups is 2. The van der Waals surface area contributed by atoms with Crippen molar-refractivity contribution in [2.24, 2.45) is 0 Å². The Kier molecular flexibility index (Phi) is 7.48. The summed E-state index contributed by atoms with van der Waals surface area (Å²) in [5, 5.41) is 2.93. The van der Waals surface area contributed by atoms with Crippen molar-refractivity contribution < 1.29 is 19.1 Å². The number of nitrogens with zero attached hydrogens (tertiary/aromatic N) is 1. The predicted molar refractivity (Wildman–Crippen MR) is 76.2 cm³/mol. The molecular formula is C12H17N3O5S. The Labute approximate surface area is 125 Å². The number of carbonyl (C=O) groups excluding carboxylic acids is 2. The van der Waals surface area contributed by atoms with Crippen molar-refractivity contribution in [2.75, 3.05) is 33.1 Å². The summed E-state index contributed by atoms with van der Waals surface area (Å²) in [5.74, 6) is -0.576. The van der Waals surface area contributed by atoms with Crippen molar-refractivity contribution in [3.63, 3.8) is 0 Å². The van der Waals surface area contributed by atoms with Crippen molar-refractivity contribution in [2.45, 2.75) is 11.6 Å². The standard InChI is InChI=1S/C12H17N3O5S/c1-19-4-3-13-10(17)7-21-12-14-8(5-9(16)15-12)6-11(18)20-2/h5H,3-4,6-7H2,1-2H3,(H,13,17)(H,14,15,16). The van der Waals surface area contributed by atoms with Crippen LogP contribution in [0.4, 0.5) is 0 Å². The lowest BCUT2D eigenvalue weighted by molar-refractivity contribution is -0.139. The van der Waals surface area contributed by atoms with Crippen LogP contribution in [0, 0.1) is 0 Å². The molecule has 21 heavy (non-hydrogen) atoms. The number of rotatable bonds is 8. The molecule has 8 nitrogen and oxygen atoms in total. The number of aromatic amines is 1. The highest BCUT2D eigenvalue weighted by molar-refractivity contribution is 7.99. The number of hydrogen-bond donors (Lipinski definition) is 2. The van der Waals surface area contributed by atoms with Crippen molar-refractivity contribution in [1.29, 1.82) is 0 Å². The van der Waals surface area contributed by atoms with E-state index in [9.17, 15) is 14.4 Å². The Morgan fingerprint density at radius 3 is 2.86 bits per heavy atom. The zero-order valence-corrected chi connectivity index (χ0v) is 12.6. The fourth-order valence-electron chi connectivity index (χ4n) is 1.34. The molecule has 0 aliphatic rings. The van der Waals surface area contributed by atoms with Gasteiger partial charge in [0.2, 0.25) is 5.91 Å². The Balaban J connectivity index is 2.56. The lowest BCUT2D eigenvalue weighted by Gasteiger charge is -2.05. The van der Waals surface area contributed by atoms with E-state index in [-0.39, 0.29) is 28.8 Å². The number of aromatic nitrogens is 2. The van der Waals surface area contributed by atoms with Crippen LogP contribution in [0.3, 0.4) is 0 Å². The zero-order valence-electron chi connectivity index (χ0n) is 11.8. The number of hydrogen-bond acceptors (Lipinski definition) is 7. The second-order valence-electron chi connectivity index (χ2n) is 3.93. The molecule has 9 heteroatoms. The summed E-state index contributed by atoms with van der Waals surface area (Å²) < 4.78 is 9.32. The highest BCUT2D eigenvalue weighted by Crippen LogP contribution is 2.11. The van der Waals surface area contributed by atoms with Gasteiger partial charge < -0.3 is 19.8 Å². The van der Waals surface area contributed by atoms with E-state index in [0.29, 0.717) is 18.8 Å². The summed E-state index contributed by atoms with van der Waals surface area (Å²) in [6.45, 7) is 0.850. The van der Waals surface area contributed by atoms with E-state index in [0.717, 1.165) is 11.8 Å². The van der Waals surface area contributed by atoms with Crippen LogP contribution < -0.4 is 10.9 Å². The summed E-state index contributed by atoms with van der Waals surface area (Å²) in [4.78, 5) is 40.7. The van der Waals surface area contributed by atoms with Gasteiger partial charge in [-0.05, 0) is 0 Å². The molecule has 1 aromatic heterocycles. The minimum atomic E-state index is -0.485. The Morgan fingerprint density at radius 1 is 1.43 bits per heavy atom. The maximum atomic E-state index is 11.5. The maximum Gasteiger partial charge on any atom is 0.311 e. The molecule has 0 aliphatic carbocycles. The van der Waals surface area contributed by atoms with Crippen LogP contribution in [0.15, 0.2) is 16.0 Å². The maximum absolute atomic E-state index is 11.5. The molecule has 0 saturated heterocycles. The minimum Gasteiger partial charge on any atom is -0.469 e. The first-order valence-corrected chi connectivity index (χ1v) is 7.09. The first kappa shape index (κ1) is 17.2. The normalized spacial score (nSPS) is 10.2. The lowest BCUT2D eigenvalue weighted by Crippen LogP contribution is -2.28. The molecular weight excluding hydrogens is 298 g/mol. The van der Waals surface area contributed by atoms with Gasteiger partial charge in [-0.3, -0.25) is 14.4 Å². The minimum absolute atomic E-state index is 0.0893. The molecule has 1 aromatic rings. The van der Waals surface area contributed by atoms with Gasteiger partial charge in [-0.1, -0.05) is 11.8 Å². The van der Waals surface area contributed by atoms with Crippen LogP contribution in [0.1, 0.15) is 5.69 Å². The summed E-state index contributed by atoms with van der Waals surface area (Å²) in [6.07, 6.45) is -0.0893. The Hall–Kier alpha value is -1.87. The summed E-state index contributed by atoms with van der Waals surface area (Å²) in [6, 6.07) is 1.22. The predicted octanol–water partition coefficient (Wildman–Crippen LogP) is -0.660. The number of methoxy groups -OCH3 is 2. The van der Waals surface area contributed by atoms with Crippen molar-refractivity contribution >= 4 is 23.6 Å². The summed E-state index contributed by atoms with van der Waals surface area (Å²) in [7, 11) is 2.80. The van der Waals surface area contributed by atoms with Gasteiger partial charge in [0.15, 0.2) is 5.16 Å². The van der Waals surface area contributed by atoms with E-state index in [4.69, 9.17) is 4.74 Å². The van der Waals surface area contributed by atoms with E-state index in [1.54, 1.807) is 7.11 Å². The molecule has 116 valence electrons. The average Bonchev–Trinajstić information content (AvgIpc) is 2.44. The molecule has 0 aromatic carbocycles. The van der Waals surface area contributed by atoms with Gasteiger partial charge in [-0.15, -0.1) is 0 Å². The molecule has 0 saturated carbocycles. The van der Waals surface area contributed by atoms with E-state index in [1.807, 2.05) is 0 Å². The van der Waals surface area contributed by atoms with Gasteiger partial charge in [0.25, 0.3) is 5.56 Å². The largest absolute Gasteiger partial charge is 0.469 e. The molecule has 0 fully saturated rings. The second kappa shape index (κ2) is 9.14. The molecule has 1 heterocycles. The van der Waals surface area contributed by atoms with E-state index in [1.165, 1.54) is 13.2 Å². The van der Waals surface area contributed by atoms with Crippen LogP contribution in [0.2, 0.25) is 0 Å². The summed E-state index contributed by atoms with van der Waals surface area (Å²) in [5.41, 5.74) is -0.0842. The highest BCUT2D eigenvalue weighted by atomic mass is 32.2. The third kappa shape index (κ3) is 6.91. The van der Waals surface area contributed by atoms with Gasteiger partial charge in [-0.25, -0.2) is 4.98 Å². The smallest absolute Gasteiger partial charge is 0.311 e. The third-order valence-electron chi connectivity index (χ3n) is 2.29. The van der Waals surface area contributed by atoms with E-state index in [2.05, 4.69) is 20.0 Å². The molecule has 1 rings (SSSR count). The number of nitrogens with one attached hydrogen (secondary N) is 2. The van der Waals surface area contributed by atoms with Gasteiger partial charge in [0, 0.05) is 19.7 Å². The lowest BCUT2D eigenvalue weighted by atomic mass is 10.3. The number of esters is 1. The van der Waals surface area contributed by atoms with Crippen molar-refractivity contribution in [3.8, 4) is 0 Å². The van der Waals surface area contributed by atoms with Crippen LogP contribution >= 0.6 is 11.8 Å². The number of amides is 1. The molecule has 0 radical (unpaired) electrons. The highest BCUT2D eigenvalue weighted by Gasteiger charge is 2.09. The third-order valence-corrected chi connectivity index (χ3v) is 3.17. The van der Waals surface area contributed by atoms with Gasteiger partial charge in [0.1, 0.15) is 0 Å². The molecule has 0 aliphatic heterocycles. The van der Waals surface area contributed by atoms with Crippen molar-refractivity contribution in [1.82, 2.24) is 15.3 Å². The second-order valence-corrected chi connectivity index (χ2v) is 4.89. The molecule has 0 spiro atoms. The molecule has 2 N–H and O–H groups in total. The van der Waals surface area contributed by atoms with Crippen LogP contribution in [-0.4, -0.2) is 55.0 Å². The SMILES string of the molecule is COCCNC(=O)CSc1nc(CC(=O)OC)cc(=O)[nH]1. The molecule has 0 atom stereocenters. The van der Waals surface area contributed by atoms with Crippen LogP contribution in [-0.2, 0) is 25.5 Å². The topological polar surface area (TPSA) is 110 Å². The quantitative estimate of drug-likeness (QED) is 0.283. The first-order chi connectivity index (χ1) is 10.0. The first-order valence-electron chi connectivity index (χ1n) is 6.10. The Bertz CT molecular complexity index is 546.